The van der Waals surface area contributed by atoms with Crippen molar-refractivity contribution in [2.24, 2.45) is 0 Å². The molecule has 0 amide bonds. The smallest absolute Gasteiger partial charge is 0.0938 e. The predicted molar refractivity (Wildman–Crippen MR) is 87.9 cm³/mol. The van der Waals surface area contributed by atoms with Crippen molar-refractivity contribution in [1.29, 1.82) is 0 Å². The average Bonchev–Trinajstić information content (AvgIpc) is 3.01. The Morgan fingerprint density at radius 1 is 1.29 bits per heavy atom. The van der Waals surface area contributed by atoms with Crippen molar-refractivity contribution in [1.82, 2.24) is 9.78 Å². The summed E-state index contributed by atoms with van der Waals surface area (Å²) in [6.45, 7) is 7.11. The molecule has 0 saturated heterocycles. The van der Waals surface area contributed by atoms with Crippen LogP contribution in [0, 0.1) is 13.8 Å². The highest BCUT2D eigenvalue weighted by atomic mass is 32.1. The van der Waals surface area contributed by atoms with E-state index in [4.69, 9.17) is 0 Å². The Morgan fingerprint density at radius 2 is 2.05 bits per heavy atom. The van der Waals surface area contributed by atoms with Crippen LogP contribution in [-0.2, 0) is 13.0 Å². The lowest BCUT2D eigenvalue weighted by Gasteiger charge is -2.06. The van der Waals surface area contributed by atoms with Crippen molar-refractivity contribution in [2.45, 2.75) is 39.8 Å². The third-order valence-electron chi connectivity index (χ3n) is 3.93. The number of thiophene rings is 1. The fourth-order valence-electron chi connectivity index (χ4n) is 2.64. The van der Waals surface area contributed by atoms with Gasteiger partial charge in [0, 0.05) is 28.1 Å². The van der Waals surface area contributed by atoms with E-state index in [1.165, 1.54) is 10.4 Å². The van der Waals surface area contributed by atoms with E-state index in [0.29, 0.717) is 6.42 Å². The zero-order valence-electron chi connectivity index (χ0n) is 12.6. The lowest BCUT2D eigenvalue weighted by atomic mass is 10.1. The first-order chi connectivity index (χ1) is 10.1. The standard InChI is InChI=1S/C17H20N2OS/c1-4-19-15-8-6-5-7-13(15)14(18-19)10-16(20)17-9-11(2)12(3)21-17/h5-9,16,20H,4,10H2,1-3H3. The first-order valence-corrected chi connectivity index (χ1v) is 8.11. The maximum Gasteiger partial charge on any atom is 0.0938 e. The molecule has 1 atom stereocenters. The van der Waals surface area contributed by atoms with Gasteiger partial charge in [-0.05, 0) is 38.5 Å². The Kier molecular flexibility index (Phi) is 3.83. The largest absolute Gasteiger partial charge is 0.387 e. The van der Waals surface area contributed by atoms with Crippen LogP contribution in [0.15, 0.2) is 30.3 Å². The molecular formula is C17H20N2OS. The zero-order valence-corrected chi connectivity index (χ0v) is 13.4. The lowest BCUT2D eigenvalue weighted by Crippen LogP contribution is -2.02. The van der Waals surface area contributed by atoms with Crippen LogP contribution < -0.4 is 0 Å². The van der Waals surface area contributed by atoms with E-state index in [0.717, 1.165) is 28.0 Å². The molecule has 3 nitrogen and oxygen atoms in total. The van der Waals surface area contributed by atoms with Crippen molar-refractivity contribution in [3.05, 3.63) is 51.3 Å². The molecule has 2 heterocycles. The van der Waals surface area contributed by atoms with E-state index in [9.17, 15) is 5.11 Å². The summed E-state index contributed by atoms with van der Waals surface area (Å²) in [6.07, 6.45) is 0.0819. The van der Waals surface area contributed by atoms with Crippen molar-refractivity contribution in [3.63, 3.8) is 0 Å². The molecule has 2 aromatic heterocycles. The second-order valence-electron chi connectivity index (χ2n) is 5.39. The van der Waals surface area contributed by atoms with E-state index < -0.39 is 6.10 Å². The van der Waals surface area contributed by atoms with Gasteiger partial charge in [-0.2, -0.15) is 5.10 Å². The molecule has 1 unspecified atom stereocenters. The Labute approximate surface area is 128 Å². The summed E-state index contributed by atoms with van der Waals surface area (Å²) >= 11 is 1.68. The van der Waals surface area contributed by atoms with Gasteiger partial charge in [0.25, 0.3) is 0 Å². The minimum atomic E-state index is -0.481. The first-order valence-electron chi connectivity index (χ1n) is 7.29. The van der Waals surface area contributed by atoms with Gasteiger partial charge in [-0.25, -0.2) is 0 Å². The summed E-state index contributed by atoms with van der Waals surface area (Å²) in [5.41, 5.74) is 3.36. The second kappa shape index (κ2) is 5.62. The van der Waals surface area contributed by atoms with Crippen LogP contribution in [0.2, 0.25) is 0 Å². The molecule has 0 aliphatic heterocycles. The number of hydrogen-bond acceptors (Lipinski definition) is 3. The Balaban J connectivity index is 1.94. The Morgan fingerprint density at radius 3 is 2.71 bits per heavy atom. The molecule has 4 heteroatoms. The van der Waals surface area contributed by atoms with E-state index in [2.05, 4.69) is 44.1 Å². The van der Waals surface area contributed by atoms with Gasteiger partial charge in [0.15, 0.2) is 0 Å². The molecule has 0 fully saturated rings. The number of aryl methyl sites for hydroxylation is 3. The summed E-state index contributed by atoms with van der Waals surface area (Å²) < 4.78 is 2.00. The maximum absolute atomic E-state index is 10.5. The van der Waals surface area contributed by atoms with Crippen molar-refractivity contribution < 1.29 is 5.11 Å². The number of para-hydroxylation sites is 1. The first kappa shape index (κ1) is 14.3. The number of nitrogens with zero attached hydrogens (tertiary/aromatic N) is 2. The van der Waals surface area contributed by atoms with Crippen LogP contribution in [-0.4, -0.2) is 14.9 Å². The summed E-state index contributed by atoms with van der Waals surface area (Å²) in [7, 11) is 0. The monoisotopic (exact) mass is 300 g/mol. The number of hydrogen-bond donors (Lipinski definition) is 1. The molecule has 3 rings (SSSR count). The fraction of sp³-hybridized carbons (Fsp3) is 0.353. The minimum absolute atomic E-state index is 0.481. The summed E-state index contributed by atoms with van der Waals surface area (Å²) in [5, 5.41) is 16.3. The maximum atomic E-state index is 10.5. The number of aromatic nitrogens is 2. The molecule has 0 radical (unpaired) electrons. The summed E-state index contributed by atoms with van der Waals surface area (Å²) in [6, 6.07) is 10.3. The van der Waals surface area contributed by atoms with Crippen LogP contribution in [0.1, 0.15) is 34.0 Å². The van der Waals surface area contributed by atoms with Crippen molar-refractivity contribution in [3.8, 4) is 0 Å². The Hall–Kier alpha value is -1.65. The second-order valence-corrected chi connectivity index (χ2v) is 6.68. The third-order valence-corrected chi connectivity index (χ3v) is 5.19. The van der Waals surface area contributed by atoms with Crippen molar-refractivity contribution >= 4 is 22.2 Å². The van der Waals surface area contributed by atoms with Crippen LogP contribution in [0.4, 0.5) is 0 Å². The van der Waals surface area contributed by atoms with Crippen molar-refractivity contribution in [2.75, 3.05) is 0 Å². The zero-order chi connectivity index (χ0) is 15.0. The normalized spacial score (nSPS) is 13.0. The third kappa shape index (κ3) is 2.61. The van der Waals surface area contributed by atoms with Crippen LogP contribution in [0.3, 0.4) is 0 Å². The molecule has 21 heavy (non-hydrogen) atoms. The SMILES string of the molecule is CCn1nc(CC(O)c2cc(C)c(C)s2)c2ccccc21. The van der Waals surface area contributed by atoms with E-state index in [1.807, 2.05) is 16.8 Å². The van der Waals surface area contributed by atoms with Gasteiger partial charge in [-0.3, -0.25) is 4.68 Å². The van der Waals surface area contributed by atoms with E-state index in [1.54, 1.807) is 11.3 Å². The highest BCUT2D eigenvalue weighted by Gasteiger charge is 2.17. The average molecular weight is 300 g/mol. The lowest BCUT2D eigenvalue weighted by molar-refractivity contribution is 0.181. The van der Waals surface area contributed by atoms with E-state index in [-0.39, 0.29) is 0 Å². The van der Waals surface area contributed by atoms with Gasteiger partial charge in [0.1, 0.15) is 0 Å². The van der Waals surface area contributed by atoms with Gasteiger partial charge in [-0.1, -0.05) is 18.2 Å². The summed E-state index contributed by atoms with van der Waals surface area (Å²) in [4.78, 5) is 2.30. The molecule has 0 spiro atoms. The van der Waals surface area contributed by atoms with E-state index >= 15 is 0 Å². The number of fused-ring (bicyclic) bond motifs is 1. The minimum Gasteiger partial charge on any atom is -0.387 e. The molecule has 1 N–H and O–H groups in total. The van der Waals surface area contributed by atoms with Gasteiger partial charge in [-0.15, -0.1) is 11.3 Å². The molecule has 1 aromatic carbocycles. The number of rotatable bonds is 4. The highest BCUT2D eigenvalue weighted by Crippen LogP contribution is 2.30. The molecule has 0 aliphatic rings. The molecule has 0 aliphatic carbocycles. The van der Waals surface area contributed by atoms with Gasteiger partial charge < -0.3 is 5.11 Å². The Bertz CT molecular complexity index is 753. The van der Waals surface area contributed by atoms with Gasteiger partial charge >= 0.3 is 0 Å². The van der Waals surface area contributed by atoms with Crippen LogP contribution in [0.25, 0.3) is 10.9 Å². The van der Waals surface area contributed by atoms with Crippen LogP contribution in [0.5, 0.6) is 0 Å². The number of aliphatic hydroxyl groups is 1. The topological polar surface area (TPSA) is 38.0 Å². The van der Waals surface area contributed by atoms with Gasteiger partial charge in [0.05, 0.1) is 17.3 Å². The number of benzene rings is 1. The van der Waals surface area contributed by atoms with Gasteiger partial charge in [0.2, 0.25) is 0 Å². The molecule has 0 saturated carbocycles. The summed E-state index contributed by atoms with van der Waals surface area (Å²) in [5.74, 6) is 0. The molecule has 0 bridgehead atoms. The highest BCUT2D eigenvalue weighted by molar-refractivity contribution is 7.12. The predicted octanol–water partition coefficient (Wildman–Crippen LogP) is 4.01. The fourth-order valence-corrected chi connectivity index (χ4v) is 3.67. The number of aliphatic hydroxyl groups excluding tert-OH is 1. The quantitative estimate of drug-likeness (QED) is 0.790. The molecular weight excluding hydrogens is 280 g/mol. The molecule has 3 aromatic rings. The molecule has 110 valence electrons. The van der Waals surface area contributed by atoms with Crippen LogP contribution >= 0.6 is 11.3 Å².